The highest BCUT2D eigenvalue weighted by Gasteiger charge is 2.22. The molecule has 0 aromatic heterocycles. The van der Waals surface area contributed by atoms with Crippen LogP contribution in [0.4, 0.5) is 0 Å². The molecule has 1 N–H and O–H groups in total. The van der Waals surface area contributed by atoms with Gasteiger partial charge >= 0.3 is 0 Å². The highest BCUT2D eigenvalue weighted by Crippen LogP contribution is 2.13. The van der Waals surface area contributed by atoms with Crippen molar-refractivity contribution in [2.24, 2.45) is 0 Å². The quantitative estimate of drug-likeness (QED) is 0.441. The Hall–Kier alpha value is -0.340. The second kappa shape index (κ2) is 1.57. The Labute approximate surface area is 48.5 Å². The minimum absolute atomic E-state index is 0.369. The van der Waals surface area contributed by atoms with Gasteiger partial charge in [-0.25, -0.2) is 0 Å². The summed E-state index contributed by atoms with van der Waals surface area (Å²) in [5.41, 5.74) is 0. The van der Waals surface area contributed by atoms with Crippen LogP contribution < -0.4 is 5.32 Å². The fourth-order valence-corrected chi connectivity index (χ4v) is 1.16. The third kappa shape index (κ3) is 0.572. The molecule has 0 aromatic rings. The molecule has 2 aliphatic rings. The molecule has 1 saturated heterocycles. The van der Waals surface area contributed by atoms with Crippen molar-refractivity contribution in [3.05, 3.63) is 12.2 Å². The molecule has 0 aliphatic carbocycles. The van der Waals surface area contributed by atoms with E-state index >= 15 is 0 Å². The van der Waals surface area contributed by atoms with E-state index in [-0.39, 0.29) is 0 Å². The lowest BCUT2D eigenvalue weighted by molar-refractivity contribution is 0.0333. The Bertz CT molecular complexity index is 110. The monoisotopic (exact) mass is 111 g/mol. The summed E-state index contributed by atoms with van der Waals surface area (Å²) in [7, 11) is 0. The first-order valence-electron chi connectivity index (χ1n) is 3.00. The van der Waals surface area contributed by atoms with Crippen molar-refractivity contribution in [1.82, 2.24) is 5.32 Å². The number of morpholine rings is 1. The summed E-state index contributed by atoms with van der Waals surface area (Å²) in [4.78, 5) is 0. The number of nitrogens with one attached hydrogen (secondary N) is 1. The first-order valence-corrected chi connectivity index (χ1v) is 3.00. The van der Waals surface area contributed by atoms with Gasteiger partial charge in [-0.3, -0.25) is 0 Å². The molecule has 0 amide bonds. The van der Waals surface area contributed by atoms with Crippen LogP contribution in [0.25, 0.3) is 0 Å². The van der Waals surface area contributed by atoms with Crippen molar-refractivity contribution in [1.29, 1.82) is 0 Å². The van der Waals surface area contributed by atoms with Gasteiger partial charge < -0.3 is 10.1 Å². The van der Waals surface area contributed by atoms with Crippen LogP contribution in [0.15, 0.2) is 12.2 Å². The smallest absolute Gasteiger partial charge is 0.0889 e. The zero-order valence-electron chi connectivity index (χ0n) is 4.63. The van der Waals surface area contributed by atoms with E-state index in [2.05, 4.69) is 17.5 Å². The van der Waals surface area contributed by atoms with Gasteiger partial charge in [-0.1, -0.05) is 12.2 Å². The molecule has 2 atom stereocenters. The predicted molar refractivity (Wildman–Crippen MR) is 30.7 cm³/mol. The largest absolute Gasteiger partial charge is 0.364 e. The van der Waals surface area contributed by atoms with Crippen molar-refractivity contribution in [2.45, 2.75) is 12.2 Å². The Morgan fingerprint density at radius 2 is 1.88 bits per heavy atom. The van der Waals surface area contributed by atoms with Crippen molar-refractivity contribution >= 4 is 0 Å². The van der Waals surface area contributed by atoms with Crippen molar-refractivity contribution in [3.63, 3.8) is 0 Å². The van der Waals surface area contributed by atoms with E-state index in [4.69, 9.17) is 4.74 Å². The maximum absolute atomic E-state index is 5.42. The van der Waals surface area contributed by atoms with Crippen LogP contribution in [-0.4, -0.2) is 25.3 Å². The number of fused-ring (bicyclic) bond motifs is 2. The van der Waals surface area contributed by atoms with Gasteiger partial charge in [0.1, 0.15) is 0 Å². The van der Waals surface area contributed by atoms with Crippen LogP contribution in [0.1, 0.15) is 0 Å². The van der Waals surface area contributed by atoms with Gasteiger partial charge in [0.15, 0.2) is 0 Å². The summed E-state index contributed by atoms with van der Waals surface area (Å²) >= 11 is 0. The molecule has 2 unspecified atom stereocenters. The summed E-state index contributed by atoms with van der Waals surface area (Å²) in [6.07, 6.45) is 5.00. The summed E-state index contributed by atoms with van der Waals surface area (Å²) in [5.74, 6) is 0. The Morgan fingerprint density at radius 3 is 2.38 bits per heavy atom. The lowest BCUT2D eigenvalue weighted by Gasteiger charge is -2.20. The van der Waals surface area contributed by atoms with Gasteiger partial charge in [-0.05, 0) is 0 Å². The zero-order valence-corrected chi connectivity index (χ0v) is 4.63. The Morgan fingerprint density at radius 1 is 1.25 bits per heavy atom. The molecular formula is C6H9NO. The van der Waals surface area contributed by atoms with E-state index < -0.39 is 0 Å². The second-order valence-corrected chi connectivity index (χ2v) is 2.26. The van der Waals surface area contributed by atoms with Crippen LogP contribution in [0.5, 0.6) is 0 Å². The molecule has 0 spiro atoms. The standard InChI is InChI=1S/C6H9NO/c1-2-6-4-7-3-5(1)8-6/h1-2,5-7H,3-4H2. The molecule has 2 heterocycles. The van der Waals surface area contributed by atoms with E-state index in [1.807, 2.05) is 0 Å². The summed E-state index contributed by atoms with van der Waals surface area (Å²) in [6.45, 7) is 1.99. The number of hydrogen-bond donors (Lipinski definition) is 1. The van der Waals surface area contributed by atoms with Gasteiger partial charge in [-0.15, -0.1) is 0 Å². The highest BCUT2D eigenvalue weighted by atomic mass is 16.5. The van der Waals surface area contributed by atoms with Crippen LogP contribution in [-0.2, 0) is 4.74 Å². The molecule has 2 bridgehead atoms. The van der Waals surface area contributed by atoms with Crippen molar-refractivity contribution in [2.75, 3.05) is 13.1 Å². The molecule has 0 aromatic carbocycles. The second-order valence-electron chi connectivity index (χ2n) is 2.26. The maximum atomic E-state index is 5.42. The van der Waals surface area contributed by atoms with Gasteiger partial charge in [0.25, 0.3) is 0 Å². The number of hydrogen-bond acceptors (Lipinski definition) is 2. The SMILES string of the molecule is C1=CC2CNCC1O2. The van der Waals surface area contributed by atoms with E-state index in [1.54, 1.807) is 0 Å². The normalized spacial score (nSPS) is 43.0. The molecule has 44 valence electrons. The number of ether oxygens (including phenoxy) is 1. The average Bonchev–Trinajstić information content (AvgIpc) is 2.12. The Balaban J connectivity index is 2.13. The summed E-state index contributed by atoms with van der Waals surface area (Å²) in [5, 5.41) is 3.26. The average molecular weight is 111 g/mol. The topological polar surface area (TPSA) is 21.3 Å². The minimum atomic E-state index is 0.369. The van der Waals surface area contributed by atoms with E-state index in [0.717, 1.165) is 13.1 Å². The summed E-state index contributed by atoms with van der Waals surface area (Å²) < 4.78 is 5.42. The first kappa shape index (κ1) is 4.53. The summed E-state index contributed by atoms with van der Waals surface area (Å²) in [6, 6.07) is 0. The van der Waals surface area contributed by atoms with Crippen LogP contribution in [0.3, 0.4) is 0 Å². The maximum Gasteiger partial charge on any atom is 0.0889 e. The molecule has 2 heteroatoms. The molecular weight excluding hydrogens is 102 g/mol. The first-order chi connectivity index (χ1) is 3.95. The molecule has 0 radical (unpaired) electrons. The fraction of sp³-hybridized carbons (Fsp3) is 0.667. The molecule has 1 fully saturated rings. The lowest BCUT2D eigenvalue weighted by Crippen LogP contribution is -2.39. The van der Waals surface area contributed by atoms with E-state index in [9.17, 15) is 0 Å². The van der Waals surface area contributed by atoms with Crippen molar-refractivity contribution < 1.29 is 4.74 Å². The van der Waals surface area contributed by atoms with Gasteiger partial charge in [0.05, 0.1) is 12.2 Å². The predicted octanol–water partition coefficient (Wildman–Crippen LogP) is -0.0868. The van der Waals surface area contributed by atoms with Gasteiger partial charge in [0.2, 0.25) is 0 Å². The molecule has 2 rings (SSSR count). The van der Waals surface area contributed by atoms with Crippen molar-refractivity contribution in [3.8, 4) is 0 Å². The minimum Gasteiger partial charge on any atom is -0.364 e. The van der Waals surface area contributed by atoms with Gasteiger partial charge in [0, 0.05) is 13.1 Å². The highest BCUT2D eigenvalue weighted by molar-refractivity contribution is 5.06. The third-order valence-electron chi connectivity index (χ3n) is 1.58. The fourth-order valence-electron chi connectivity index (χ4n) is 1.16. The molecule has 2 nitrogen and oxygen atoms in total. The molecule has 0 saturated carbocycles. The lowest BCUT2D eigenvalue weighted by atomic mass is 10.3. The third-order valence-corrected chi connectivity index (χ3v) is 1.58. The van der Waals surface area contributed by atoms with Crippen LogP contribution in [0, 0.1) is 0 Å². The van der Waals surface area contributed by atoms with Gasteiger partial charge in [-0.2, -0.15) is 0 Å². The van der Waals surface area contributed by atoms with Crippen LogP contribution in [0.2, 0.25) is 0 Å². The van der Waals surface area contributed by atoms with E-state index in [1.165, 1.54) is 0 Å². The Kier molecular flexibility index (Phi) is 0.889. The molecule has 8 heavy (non-hydrogen) atoms. The zero-order chi connectivity index (χ0) is 5.40. The number of rotatable bonds is 0. The van der Waals surface area contributed by atoms with Crippen LogP contribution >= 0.6 is 0 Å². The van der Waals surface area contributed by atoms with E-state index in [0.29, 0.717) is 12.2 Å². The molecule has 2 aliphatic heterocycles.